The number of rotatable bonds is 3. The number of hydrogen-bond acceptors (Lipinski definition) is 3. The number of nitrogens with zero attached hydrogens (tertiary/aromatic N) is 1. The van der Waals surface area contributed by atoms with Gasteiger partial charge in [-0.3, -0.25) is 4.79 Å². The van der Waals surface area contributed by atoms with Crippen LogP contribution in [0.3, 0.4) is 0 Å². The Morgan fingerprint density at radius 1 is 1.41 bits per heavy atom. The van der Waals surface area contributed by atoms with E-state index in [0.717, 1.165) is 23.7 Å². The van der Waals surface area contributed by atoms with Gasteiger partial charge in [-0.05, 0) is 12.0 Å². The van der Waals surface area contributed by atoms with Gasteiger partial charge in [0.05, 0.1) is 11.9 Å². The molecular formula is C12H17ClN2OS. The number of carbonyl (C=O) groups is 1. The number of nitrogens with two attached hydrogens (primary N) is 1. The highest BCUT2D eigenvalue weighted by atomic mass is 35.5. The number of hydrogen-bond donors (Lipinski definition) is 1. The molecule has 17 heavy (non-hydrogen) atoms. The zero-order chi connectivity index (χ0) is 11.4. The molecule has 3 nitrogen and oxygen atoms in total. The Labute approximate surface area is 112 Å². The van der Waals surface area contributed by atoms with Crippen LogP contribution in [0.5, 0.6) is 0 Å². The number of thioether (sulfide) groups is 1. The highest BCUT2D eigenvalue weighted by molar-refractivity contribution is 7.99. The average molecular weight is 273 g/mol. The van der Waals surface area contributed by atoms with Crippen LogP contribution in [0.15, 0.2) is 30.3 Å². The third kappa shape index (κ3) is 3.91. The van der Waals surface area contributed by atoms with Crippen molar-refractivity contribution >= 4 is 30.1 Å². The highest BCUT2D eigenvalue weighted by Gasteiger charge is 2.23. The Balaban J connectivity index is 0.00000144. The van der Waals surface area contributed by atoms with Gasteiger partial charge in [-0.15, -0.1) is 24.2 Å². The molecule has 0 aliphatic carbocycles. The summed E-state index contributed by atoms with van der Waals surface area (Å²) in [4.78, 5) is 13.8. The monoisotopic (exact) mass is 272 g/mol. The Hall–Kier alpha value is -0.710. The van der Waals surface area contributed by atoms with Gasteiger partial charge >= 0.3 is 0 Å². The first-order chi connectivity index (χ1) is 7.77. The minimum absolute atomic E-state index is 0. The van der Waals surface area contributed by atoms with Crippen LogP contribution in [-0.2, 0) is 11.2 Å². The van der Waals surface area contributed by atoms with Crippen LogP contribution in [-0.4, -0.2) is 35.0 Å². The van der Waals surface area contributed by atoms with Crippen LogP contribution in [0.25, 0.3) is 0 Å². The molecule has 5 heteroatoms. The summed E-state index contributed by atoms with van der Waals surface area (Å²) in [7, 11) is 0. The first kappa shape index (κ1) is 14.4. The van der Waals surface area contributed by atoms with E-state index in [9.17, 15) is 4.79 Å². The Bertz CT molecular complexity index is 355. The summed E-state index contributed by atoms with van der Waals surface area (Å²) < 4.78 is 0. The summed E-state index contributed by atoms with van der Waals surface area (Å²) in [6, 6.07) is 9.52. The van der Waals surface area contributed by atoms with Gasteiger partial charge in [-0.25, -0.2) is 0 Å². The van der Waals surface area contributed by atoms with Gasteiger partial charge in [-0.2, -0.15) is 0 Å². The molecule has 1 saturated heterocycles. The topological polar surface area (TPSA) is 46.3 Å². The first-order valence-electron chi connectivity index (χ1n) is 5.43. The zero-order valence-corrected chi connectivity index (χ0v) is 11.2. The van der Waals surface area contributed by atoms with Crippen LogP contribution in [0, 0.1) is 0 Å². The lowest BCUT2D eigenvalue weighted by atomic mass is 10.1. The lowest BCUT2D eigenvalue weighted by Gasteiger charge is -2.19. The molecule has 0 aromatic heterocycles. The minimum Gasteiger partial charge on any atom is -0.331 e. The zero-order valence-electron chi connectivity index (χ0n) is 9.54. The number of benzene rings is 1. The fraction of sp³-hybridized carbons (Fsp3) is 0.417. The van der Waals surface area contributed by atoms with Crippen LogP contribution in [0.4, 0.5) is 0 Å². The van der Waals surface area contributed by atoms with Crippen molar-refractivity contribution in [2.24, 2.45) is 5.73 Å². The largest absolute Gasteiger partial charge is 0.331 e. The molecule has 0 bridgehead atoms. The van der Waals surface area contributed by atoms with Gasteiger partial charge in [-0.1, -0.05) is 30.3 Å². The van der Waals surface area contributed by atoms with Gasteiger partial charge in [0, 0.05) is 12.3 Å². The SMILES string of the molecule is Cl.NC(Cc1ccccc1)C(=O)N1CCSC1. The molecule has 1 amide bonds. The molecule has 1 aliphatic rings. The van der Waals surface area contributed by atoms with Crippen LogP contribution < -0.4 is 5.73 Å². The van der Waals surface area contributed by atoms with Crippen LogP contribution in [0.1, 0.15) is 5.56 Å². The summed E-state index contributed by atoms with van der Waals surface area (Å²) >= 11 is 1.78. The van der Waals surface area contributed by atoms with E-state index in [4.69, 9.17) is 5.73 Å². The van der Waals surface area contributed by atoms with Gasteiger partial charge in [0.2, 0.25) is 5.91 Å². The van der Waals surface area contributed by atoms with Crippen molar-refractivity contribution in [3.63, 3.8) is 0 Å². The molecule has 0 radical (unpaired) electrons. The van der Waals surface area contributed by atoms with Gasteiger partial charge < -0.3 is 10.6 Å². The molecule has 1 atom stereocenters. The van der Waals surface area contributed by atoms with Crippen molar-refractivity contribution < 1.29 is 4.79 Å². The third-order valence-corrected chi connectivity index (χ3v) is 3.65. The molecule has 1 heterocycles. The Morgan fingerprint density at radius 3 is 2.71 bits per heavy atom. The Morgan fingerprint density at radius 2 is 2.12 bits per heavy atom. The van der Waals surface area contributed by atoms with Crippen molar-refractivity contribution in [1.82, 2.24) is 4.90 Å². The van der Waals surface area contributed by atoms with E-state index in [1.165, 1.54) is 0 Å². The summed E-state index contributed by atoms with van der Waals surface area (Å²) in [5.41, 5.74) is 7.05. The second-order valence-corrected chi connectivity index (χ2v) is 5.01. The van der Waals surface area contributed by atoms with E-state index in [2.05, 4.69) is 0 Å². The fourth-order valence-corrected chi connectivity index (χ4v) is 2.73. The van der Waals surface area contributed by atoms with Crippen molar-refractivity contribution in [2.45, 2.75) is 12.5 Å². The van der Waals surface area contributed by atoms with E-state index in [1.54, 1.807) is 11.8 Å². The van der Waals surface area contributed by atoms with E-state index in [1.807, 2.05) is 35.2 Å². The number of halogens is 1. The molecule has 0 saturated carbocycles. The number of amides is 1. The lowest BCUT2D eigenvalue weighted by molar-refractivity contribution is -0.131. The second-order valence-electron chi connectivity index (χ2n) is 3.94. The molecule has 1 unspecified atom stereocenters. The molecule has 2 rings (SSSR count). The molecule has 1 fully saturated rings. The second kappa shape index (κ2) is 6.89. The van der Waals surface area contributed by atoms with Gasteiger partial charge in [0.15, 0.2) is 0 Å². The predicted octanol–water partition coefficient (Wildman–Crippen LogP) is 1.51. The summed E-state index contributed by atoms with van der Waals surface area (Å²) in [5, 5.41) is 0. The average Bonchev–Trinajstić information content (AvgIpc) is 2.83. The molecule has 1 aromatic carbocycles. The van der Waals surface area contributed by atoms with Crippen molar-refractivity contribution in [2.75, 3.05) is 18.2 Å². The normalized spacial score (nSPS) is 16.4. The number of carbonyl (C=O) groups excluding carboxylic acids is 1. The lowest BCUT2D eigenvalue weighted by Crippen LogP contribution is -2.43. The molecule has 0 spiro atoms. The van der Waals surface area contributed by atoms with E-state index in [0.29, 0.717) is 6.42 Å². The smallest absolute Gasteiger partial charge is 0.240 e. The Kier molecular flexibility index (Phi) is 5.82. The summed E-state index contributed by atoms with van der Waals surface area (Å²) in [6.45, 7) is 0.839. The van der Waals surface area contributed by atoms with Crippen molar-refractivity contribution in [3.8, 4) is 0 Å². The summed E-state index contributed by atoms with van der Waals surface area (Å²) in [5.74, 6) is 1.90. The van der Waals surface area contributed by atoms with Crippen molar-refractivity contribution in [3.05, 3.63) is 35.9 Å². The molecule has 1 aromatic rings. The minimum atomic E-state index is -0.402. The van der Waals surface area contributed by atoms with E-state index in [-0.39, 0.29) is 18.3 Å². The highest BCUT2D eigenvalue weighted by Crippen LogP contribution is 2.14. The molecule has 1 aliphatic heterocycles. The standard InChI is InChI=1S/C12H16N2OS.ClH/c13-11(8-10-4-2-1-3-5-10)12(15)14-6-7-16-9-14;/h1-5,11H,6-9,13H2;1H. The first-order valence-corrected chi connectivity index (χ1v) is 6.59. The third-order valence-electron chi connectivity index (χ3n) is 2.68. The predicted molar refractivity (Wildman–Crippen MR) is 74.4 cm³/mol. The van der Waals surface area contributed by atoms with Gasteiger partial charge in [0.1, 0.15) is 0 Å². The maximum absolute atomic E-state index is 11.9. The van der Waals surface area contributed by atoms with Crippen LogP contribution >= 0.6 is 24.2 Å². The quantitative estimate of drug-likeness (QED) is 0.907. The van der Waals surface area contributed by atoms with Gasteiger partial charge in [0.25, 0.3) is 0 Å². The van der Waals surface area contributed by atoms with Crippen molar-refractivity contribution in [1.29, 1.82) is 0 Å². The van der Waals surface area contributed by atoms with E-state index < -0.39 is 6.04 Å². The van der Waals surface area contributed by atoms with Crippen LogP contribution in [0.2, 0.25) is 0 Å². The maximum atomic E-state index is 11.9. The molecule has 94 valence electrons. The maximum Gasteiger partial charge on any atom is 0.240 e. The summed E-state index contributed by atoms with van der Waals surface area (Å²) in [6.07, 6.45) is 0.626. The molecule has 2 N–H and O–H groups in total. The van der Waals surface area contributed by atoms with E-state index >= 15 is 0 Å². The molecular weight excluding hydrogens is 256 g/mol. The fourth-order valence-electron chi connectivity index (χ4n) is 1.78.